The zero-order valence-corrected chi connectivity index (χ0v) is 9.60. The fourth-order valence-corrected chi connectivity index (χ4v) is 1.26. The molecule has 1 nitrogen and oxygen atoms in total. The molecule has 2 aromatic rings. The molecule has 14 heavy (non-hydrogen) atoms. The summed E-state index contributed by atoms with van der Waals surface area (Å²) >= 11 is 0. The average molecular weight is 205 g/mol. The number of rotatable bonds is 1. The molecule has 0 saturated carbocycles. The van der Waals surface area contributed by atoms with E-state index in [0.29, 0.717) is 0 Å². The molecule has 0 heterocycles. The summed E-state index contributed by atoms with van der Waals surface area (Å²) in [4.78, 5) is 0. The maximum absolute atomic E-state index is 2.12. The molecule has 0 aliphatic rings. The van der Waals surface area contributed by atoms with Crippen LogP contribution in [-0.4, -0.2) is 0 Å². The van der Waals surface area contributed by atoms with Crippen molar-refractivity contribution in [1.82, 2.24) is 6.15 Å². The van der Waals surface area contributed by atoms with E-state index in [4.69, 9.17) is 0 Å². The van der Waals surface area contributed by atoms with E-state index in [1.807, 2.05) is 12.1 Å². The highest BCUT2D eigenvalue weighted by molar-refractivity contribution is 6.92. The van der Waals surface area contributed by atoms with E-state index in [0.717, 1.165) is 0 Å². The summed E-state index contributed by atoms with van der Waals surface area (Å²) in [6, 6.07) is 20.8. The van der Waals surface area contributed by atoms with Gasteiger partial charge in [0.05, 0.1) is 0 Å². The molecule has 0 aliphatic heterocycles. The third-order valence-electron chi connectivity index (χ3n) is 1.88. The van der Waals surface area contributed by atoms with Gasteiger partial charge in [-0.25, -0.2) is 0 Å². The van der Waals surface area contributed by atoms with Gasteiger partial charge in [-0.1, -0.05) is 60.7 Å². The van der Waals surface area contributed by atoms with Crippen molar-refractivity contribution in [3.05, 3.63) is 60.7 Å². The highest BCUT2D eigenvalue weighted by Gasteiger charge is 1.91. The molecule has 2 rings (SSSR count). The van der Waals surface area contributed by atoms with Crippen molar-refractivity contribution in [2.45, 2.75) is 0 Å². The Kier molecular flexibility index (Phi) is 5.78. The molecule has 0 radical (unpaired) electrons. The van der Waals surface area contributed by atoms with Crippen LogP contribution in [0, 0.1) is 0 Å². The normalized spacial score (nSPS) is 8.29. The Balaban J connectivity index is 0.000000845. The predicted octanol–water partition coefficient (Wildman–Crippen LogP) is 3.57. The van der Waals surface area contributed by atoms with Gasteiger partial charge in [0.2, 0.25) is 0 Å². The van der Waals surface area contributed by atoms with Gasteiger partial charge in [-0.3, -0.25) is 0 Å². The van der Waals surface area contributed by atoms with Gasteiger partial charge in [-0.15, -0.1) is 0 Å². The highest BCUT2D eigenvalue weighted by Crippen LogP contribution is 2.17. The SMILES string of the molecule is N.P.c1ccc(-c2ccccc2)cc1. The van der Waals surface area contributed by atoms with Crippen molar-refractivity contribution in [3.63, 3.8) is 0 Å². The summed E-state index contributed by atoms with van der Waals surface area (Å²) in [5, 5.41) is 0. The summed E-state index contributed by atoms with van der Waals surface area (Å²) in [6.45, 7) is 0. The van der Waals surface area contributed by atoms with Gasteiger partial charge in [0.25, 0.3) is 0 Å². The summed E-state index contributed by atoms with van der Waals surface area (Å²) in [5.41, 5.74) is 2.55. The van der Waals surface area contributed by atoms with Crippen LogP contribution in [0.4, 0.5) is 0 Å². The van der Waals surface area contributed by atoms with Gasteiger partial charge in [0.1, 0.15) is 0 Å². The number of benzene rings is 2. The van der Waals surface area contributed by atoms with Crippen molar-refractivity contribution in [2.24, 2.45) is 0 Å². The van der Waals surface area contributed by atoms with Crippen molar-refractivity contribution in [1.29, 1.82) is 0 Å². The van der Waals surface area contributed by atoms with E-state index in [-0.39, 0.29) is 16.0 Å². The topological polar surface area (TPSA) is 35.0 Å². The molecule has 0 bridgehead atoms. The lowest BCUT2D eigenvalue weighted by atomic mass is 10.1. The lowest BCUT2D eigenvalue weighted by Crippen LogP contribution is -1.73. The Morgan fingerprint density at radius 1 is 0.500 bits per heavy atom. The second-order valence-corrected chi connectivity index (χ2v) is 2.73. The molecule has 1 unspecified atom stereocenters. The van der Waals surface area contributed by atoms with E-state index in [1.54, 1.807) is 0 Å². The Morgan fingerprint density at radius 2 is 0.786 bits per heavy atom. The quantitative estimate of drug-likeness (QED) is 0.709. The van der Waals surface area contributed by atoms with Crippen molar-refractivity contribution >= 4 is 9.90 Å². The highest BCUT2D eigenvalue weighted by atomic mass is 31.0. The van der Waals surface area contributed by atoms with Gasteiger partial charge < -0.3 is 6.15 Å². The fraction of sp³-hybridized carbons (Fsp3) is 0. The molecule has 1 atom stereocenters. The molecular formula is C12H16NP. The van der Waals surface area contributed by atoms with Gasteiger partial charge in [0.15, 0.2) is 0 Å². The third kappa shape index (κ3) is 2.95. The smallest absolute Gasteiger partial charge is 0.0184 e. The number of hydrogen-bond acceptors (Lipinski definition) is 1. The van der Waals surface area contributed by atoms with E-state index < -0.39 is 0 Å². The first-order valence-electron chi connectivity index (χ1n) is 4.07. The molecule has 0 saturated heterocycles. The van der Waals surface area contributed by atoms with Crippen LogP contribution in [0.2, 0.25) is 0 Å². The molecule has 0 fully saturated rings. The second-order valence-electron chi connectivity index (χ2n) is 2.73. The van der Waals surface area contributed by atoms with Crippen LogP contribution in [0.3, 0.4) is 0 Å². The zero-order chi connectivity index (χ0) is 8.23. The molecule has 3 N–H and O–H groups in total. The minimum Gasteiger partial charge on any atom is -0.344 e. The van der Waals surface area contributed by atoms with Crippen LogP contribution in [0.5, 0.6) is 0 Å². The van der Waals surface area contributed by atoms with E-state index >= 15 is 0 Å². The van der Waals surface area contributed by atoms with E-state index in [1.165, 1.54) is 11.1 Å². The van der Waals surface area contributed by atoms with E-state index in [2.05, 4.69) is 48.5 Å². The molecule has 0 aliphatic carbocycles. The Labute approximate surface area is 88.4 Å². The summed E-state index contributed by atoms with van der Waals surface area (Å²) in [7, 11) is 0. The van der Waals surface area contributed by atoms with Crippen LogP contribution < -0.4 is 6.15 Å². The van der Waals surface area contributed by atoms with Gasteiger partial charge in [-0.05, 0) is 11.1 Å². The molecule has 2 aromatic carbocycles. The van der Waals surface area contributed by atoms with Crippen LogP contribution in [0.15, 0.2) is 60.7 Å². The maximum Gasteiger partial charge on any atom is -0.0184 e. The lowest BCUT2D eigenvalue weighted by Gasteiger charge is -1.98. The third-order valence-corrected chi connectivity index (χ3v) is 1.88. The first-order chi connectivity index (χ1) is 5.97. The number of hydrogen-bond donors (Lipinski definition) is 1. The molecule has 2 heteroatoms. The standard InChI is InChI=1S/C12H10.H3N.H3P/c1-3-7-11(8-4-1)12-9-5-2-6-10-12;;/h1-10H;2*1H3. The summed E-state index contributed by atoms with van der Waals surface area (Å²) in [6.07, 6.45) is 0. The second kappa shape index (κ2) is 6.31. The van der Waals surface area contributed by atoms with E-state index in [9.17, 15) is 0 Å². The summed E-state index contributed by atoms with van der Waals surface area (Å²) < 4.78 is 0. The van der Waals surface area contributed by atoms with Crippen LogP contribution >= 0.6 is 9.90 Å². The van der Waals surface area contributed by atoms with Crippen LogP contribution in [0.25, 0.3) is 11.1 Å². The Hall–Kier alpha value is -1.17. The summed E-state index contributed by atoms with van der Waals surface area (Å²) in [5.74, 6) is 0. The largest absolute Gasteiger partial charge is 0.344 e. The fourth-order valence-electron chi connectivity index (χ4n) is 1.26. The minimum absolute atomic E-state index is 0. The first-order valence-corrected chi connectivity index (χ1v) is 4.07. The Morgan fingerprint density at radius 3 is 1.07 bits per heavy atom. The molecular weight excluding hydrogens is 189 g/mol. The maximum atomic E-state index is 2.12. The van der Waals surface area contributed by atoms with Gasteiger partial charge in [-0.2, -0.15) is 9.90 Å². The van der Waals surface area contributed by atoms with Gasteiger partial charge in [0, 0.05) is 0 Å². The molecule has 74 valence electrons. The average Bonchev–Trinajstić information content (AvgIpc) is 2.21. The zero-order valence-electron chi connectivity index (χ0n) is 8.19. The van der Waals surface area contributed by atoms with Crippen molar-refractivity contribution in [2.75, 3.05) is 0 Å². The van der Waals surface area contributed by atoms with Gasteiger partial charge >= 0.3 is 0 Å². The molecule has 0 aromatic heterocycles. The molecule has 0 spiro atoms. The Bertz CT molecular complexity index is 308. The monoisotopic (exact) mass is 205 g/mol. The van der Waals surface area contributed by atoms with Crippen molar-refractivity contribution in [3.8, 4) is 11.1 Å². The minimum atomic E-state index is 0. The molecule has 0 amide bonds. The lowest BCUT2D eigenvalue weighted by molar-refractivity contribution is 1.62. The first kappa shape index (κ1) is 12.8. The van der Waals surface area contributed by atoms with Crippen LogP contribution in [0.1, 0.15) is 0 Å². The predicted molar refractivity (Wildman–Crippen MR) is 68.0 cm³/mol. The van der Waals surface area contributed by atoms with Crippen LogP contribution in [-0.2, 0) is 0 Å². The van der Waals surface area contributed by atoms with Crippen molar-refractivity contribution < 1.29 is 0 Å².